The van der Waals surface area contributed by atoms with Crippen LogP contribution >= 0.6 is 15.9 Å². The van der Waals surface area contributed by atoms with E-state index in [0.29, 0.717) is 0 Å². The van der Waals surface area contributed by atoms with Crippen LogP contribution in [0.1, 0.15) is 0 Å². The minimum absolute atomic E-state index is 1.15. The molecule has 0 aromatic heterocycles. The molecule has 2 heteroatoms. The van der Waals surface area contributed by atoms with Gasteiger partial charge in [-0.05, 0) is 0 Å². The number of hydrogen-bond donors (Lipinski definition) is 0. The quantitative estimate of drug-likeness (QED) is 0.367. The van der Waals surface area contributed by atoms with Crippen LogP contribution in [-0.2, 0) is 0 Å². The Bertz CT molecular complexity index is 940. The van der Waals surface area contributed by atoms with Gasteiger partial charge in [0.25, 0.3) is 0 Å². The number of halogens is 1. The van der Waals surface area contributed by atoms with Crippen LogP contribution in [0.3, 0.4) is 0 Å². The van der Waals surface area contributed by atoms with Crippen molar-refractivity contribution in [2.24, 2.45) is 0 Å². The van der Waals surface area contributed by atoms with E-state index in [1.165, 1.54) is 37.8 Å². The molecule has 0 saturated heterocycles. The molecule has 4 aromatic carbocycles. The fraction of sp³-hybridized carbons (Fsp3) is 0. The first-order valence-corrected chi connectivity index (χ1v) is 7.07. The van der Waals surface area contributed by atoms with Gasteiger partial charge in [-0.3, -0.25) is 0 Å². The monoisotopic (exact) mass is 304 g/mol. The molecule has 0 radical (unpaired) electrons. The molecule has 4 aromatic rings. The number of benzene rings is 4. The molecule has 0 nitrogen and oxygen atoms in total. The standard InChI is InChI=1S/C17H10BBr/c1-18-14-8-4-10-3-7-13-15(19)9-5-11-2-6-12(14)16(10)17(11)13/h2-9H,1H2. The van der Waals surface area contributed by atoms with Crippen LogP contribution in [0, 0.1) is 0 Å². The third-order valence-electron chi connectivity index (χ3n) is 3.87. The molecule has 0 saturated carbocycles. The molecule has 19 heavy (non-hydrogen) atoms. The molecule has 0 bridgehead atoms. The van der Waals surface area contributed by atoms with Gasteiger partial charge in [0.15, 0.2) is 0 Å². The van der Waals surface area contributed by atoms with E-state index in [1.807, 2.05) is 6.92 Å². The van der Waals surface area contributed by atoms with E-state index in [-0.39, 0.29) is 0 Å². The Morgan fingerprint density at radius 3 is 2.05 bits per heavy atom. The average molecular weight is 305 g/mol. The average Bonchev–Trinajstić information content (AvgIpc) is 2.46. The Morgan fingerprint density at radius 2 is 1.32 bits per heavy atom. The van der Waals surface area contributed by atoms with Crippen LogP contribution in [0.25, 0.3) is 32.3 Å². The Labute approximate surface area is 120 Å². The summed E-state index contributed by atoms with van der Waals surface area (Å²) in [7, 11) is 0. The molecule has 0 unspecified atom stereocenters. The van der Waals surface area contributed by atoms with E-state index in [2.05, 4.69) is 70.9 Å². The summed E-state index contributed by atoms with van der Waals surface area (Å²) in [4.78, 5) is 0. The second-order valence-electron chi connectivity index (χ2n) is 4.83. The fourth-order valence-electron chi connectivity index (χ4n) is 2.97. The fourth-order valence-corrected chi connectivity index (χ4v) is 3.43. The molecule has 0 heterocycles. The van der Waals surface area contributed by atoms with Crippen molar-refractivity contribution in [3.63, 3.8) is 0 Å². The Balaban J connectivity index is 2.43. The summed E-state index contributed by atoms with van der Waals surface area (Å²) < 4.78 is 1.15. The topological polar surface area (TPSA) is 0 Å². The maximum atomic E-state index is 3.92. The van der Waals surface area contributed by atoms with E-state index in [1.54, 1.807) is 0 Å². The van der Waals surface area contributed by atoms with Crippen molar-refractivity contribution in [2.45, 2.75) is 0 Å². The van der Waals surface area contributed by atoms with Gasteiger partial charge < -0.3 is 0 Å². The molecule has 88 valence electrons. The predicted molar refractivity (Wildman–Crippen MR) is 90.4 cm³/mol. The van der Waals surface area contributed by atoms with Crippen LogP contribution in [0.4, 0.5) is 0 Å². The molecular formula is C17H10BBr. The van der Waals surface area contributed by atoms with E-state index in [4.69, 9.17) is 0 Å². The zero-order valence-electron chi connectivity index (χ0n) is 10.3. The SMILES string of the molecule is C=Bc1ccc2ccc3c(Br)ccc4ccc1c2c43. The molecule has 0 N–H and O–H groups in total. The molecule has 0 spiro atoms. The van der Waals surface area contributed by atoms with Gasteiger partial charge >= 0.3 is 120 Å². The van der Waals surface area contributed by atoms with Crippen molar-refractivity contribution in [1.29, 1.82) is 0 Å². The van der Waals surface area contributed by atoms with E-state index in [9.17, 15) is 0 Å². The van der Waals surface area contributed by atoms with Crippen LogP contribution < -0.4 is 5.46 Å². The Morgan fingerprint density at radius 1 is 0.737 bits per heavy atom. The van der Waals surface area contributed by atoms with Crippen molar-refractivity contribution < 1.29 is 0 Å². The summed E-state index contributed by atoms with van der Waals surface area (Å²) in [5.41, 5.74) is 1.20. The van der Waals surface area contributed by atoms with E-state index >= 15 is 0 Å². The Kier molecular flexibility index (Phi) is 2.30. The Hall–Kier alpha value is -1.67. The van der Waals surface area contributed by atoms with Crippen LogP contribution in [0.15, 0.2) is 53.0 Å². The van der Waals surface area contributed by atoms with Crippen LogP contribution in [0.2, 0.25) is 0 Å². The van der Waals surface area contributed by atoms with Gasteiger partial charge in [0, 0.05) is 0 Å². The normalized spacial score (nSPS) is 11.4. The maximum absolute atomic E-state index is 3.92. The van der Waals surface area contributed by atoms with Gasteiger partial charge in [-0.15, -0.1) is 0 Å². The van der Waals surface area contributed by atoms with Gasteiger partial charge in [0.1, 0.15) is 0 Å². The summed E-state index contributed by atoms with van der Waals surface area (Å²) in [6.07, 6.45) is 0. The van der Waals surface area contributed by atoms with Gasteiger partial charge in [0.2, 0.25) is 0 Å². The van der Waals surface area contributed by atoms with Crippen LogP contribution in [-0.4, -0.2) is 13.4 Å². The van der Waals surface area contributed by atoms with Gasteiger partial charge in [0.05, 0.1) is 0 Å². The first kappa shape index (κ1) is 11.2. The summed E-state index contributed by atoms with van der Waals surface area (Å²) in [6, 6.07) is 17.4. The molecule has 0 fully saturated rings. The van der Waals surface area contributed by atoms with Crippen LogP contribution in [0.5, 0.6) is 0 Å². The van der Waals surface area contributed by atoms with Crippen molar-refractivity contribution in [2.75, 3.05) is 0 Å². The van der Waals surface area contributed by atoms with Crippen molar-refractivity contribution in [1.82, 2.24) is 0 Å². The zero-order valence-corrected chi connectivity index (χ0v) is 11.9. The third-order valence-corrected chi connectivity index (χ3v) is 4.56. The molecule has 4 rings (SSSR count). The molecular weight excluding hydrogens is 295 g/mol. The molecule has 0 aliphatic rings. The predicted octanol–water partition coefficient (Wildman–Crippen LogP) is 4.11. The zero-order chi connectivity index (χ0) is 13.0. The van der Waals surface area contributed by atoms with Gasteiger partial charge in [-0.25, -0.2) is 0 Å². The molecule has 0 aliphatic heterocycles. The first-order chi connectivity index (χ1) is 9.29. The number of hydrogen-bond acceptors (Lipinski definition) is 0. The second kappa shape index (κ2) is 3.91. The second-order valence-corrected chi connectivity index (χ2v) is 5.68. The van der Waals surface area contributed by atoms with Gasteiger partial charge in [-0.1, -0.05) is 0 Å². The molecule has 0 aliphatic carbocycles. The summed E-state index contributed by atoms with van der Waals surface area (Å²) in [5.74, 6) is 0. The summed E-state index contributed by atoms with van der Waals surface area (Å²) in [6.45, 7) is 5.85. The van der Waals surface area contributed by atoms with E-state index < -0.39 is 0 Å². The first-order valence-electron chi connectivity index (χ1n) is 6.28. The van der Waals surface area contributed by atoms with Gasteiger partial charge in [-0.2, -0.15) is 0 Å². The van der Waals surface area contributed by atoms with E-state index in [0.717, 1.165) is 4.47 Å². The summed E-state index contributed by atoms with van der Waals surface area (Å²) >= 11 is 3.66. The van der Waals surface area contributed by atoms with Crippen molar-refractivity contribution in [3.05, 3.63) is 53.0 Å². The molecule has 0 atom stereocenters. The molecule has 0 amide bonds. The summed E-state index contributed by atoms with van der Waals surface area (Å²) in [5, 5.41) is 7.82. The van der Waals surface area contributed by atoms with Crippen molar-refractivity contribution in [3.8, 4) is 0 Å². The number of rotatable bonds is 1. The minimum atomic E-state index is 1.15. The third kappa shape index (κ3) is 1.44. The van der Waals surface area contributed by atoms with Crippen molar-refractivity contribution >= 4 is 67.1 Å².